The van der Waals surface area contributed by atoms with Crippen molar-refractivity contribution >= 4 is 12.0 Å². The highest BCUT2D eigenvalue weighted by molar-refractivity contribution is 5.76. The van der Waals surface area contributed by atoms with Crippen molar-refractivity contribution in [2.75, 3.05) is 31.1 Å². The largest absolute Gasteiger partial charge is 0.364 e. The number of nitrogens with zero attached hydrogens (tertiary/aromatic N) is 1. The van der Waals surface area contributed by atoms with Gasteiger partial charge in [-0.15, -0.1) is 0 Å². The molecule has 1 aromatic carbocycles. The number of rotatable bonds is 2. The first-order chi connectivity index (χ1) is 7.72. The average molecular weight is 226 g/mol. The number of hydrogen-bond donors (Lipinski definition) is 1. The van der Waals surface area contributed by atoms with Gasteiger partial charge in [-0.05, 0) is 12.1 Å². The van der Waals surface area contributed by atoms with Crippen LogP contribution >= 0.6 is 0 Å². The van der Waals surface area contributed by atoms with E-state index in [9.17, 15) is 13.6 Å². The zero-order valence-electron chi connectivity index (χ0n) is 8.67. The molecule has 0 atom stereocenters. The minimum absolute atomic E-state index is 0.0221. The number of anilines is 1. The van der Waals surface area contributed by atoms with Crippen LogP contribution in [0.15, 0.2) is 12.1 Å². The topological polar surface area (TPSA) is 32.3 Å². The van der Waals surface area contributed by atoms with Crippen LogP contribution in [0.1, 0.15) is 10.4 Å². The molecule has 0 radical (unpaired) electrons. The molecule has 2 rings (SSSR count). The van der Waals surface area contributed by atoms with Crippen molar-refractivity contribution in [2.24, 2.45) is 0 Å². The highest BCUT2D eigenvalue weighted by Crippen LogP contribution is 2.24. The van der Waals surface area contributed by atoms with Gasteiger partial charge >= 0.3 is 0 Å². The molecule has 3 nitrogen and oxygen atoms in total. The lowest BCUT2D eigenvalue weighted by Gasteiger charge is -2.30. The van der Waals surface area contributed by atoms with Crippen molar-refractivity contribution in [3.05, 3.63) is 29.3 Å². The van der Waals surface area contributed by atoms with Gasteiger partial charge in [0.25, 0.3) is 0 Å². The van der Waals surface area contributed by atoms with Gasteiger partial charge < -0.3 is 10.2 Å². The van der Waals surface area contributed by atoms with Gasteiger partial charge in [-0.3, -0.25) is 4.79 Å². The Morgan fingerprint density at radius 1 is 1.19 bits per heavy atom. The Labute approximate surface area is 92.1 Å². The van der Waals surface area contributed by atoms with Crippen molar-refractivity contribution in [1.82, 2.24) is 5.32 Å². The van der Waals surface area contributed by atoms with E-state index < -0.39 is 11.6 Å². The molecule has 0 aliphatic carbocycles. The van der Waals surface area contributed by atoms with Crippen molar-refractivity contribution in [3.63, 3.8) is 0 Å². The third kappa shape index (κ3) is 2.04. The Bertz CT molecular complexity index is 380. The Kier molecular flexibility index (Phi) is 3.14. The summed E-state index contributed by atoms with van der Waals surface area (Å²) in [5.41, 5.74) is -0.0130. The Balaban J connectivity index is 2.35. The molecular weight excluding hydrogens is 214 g/mol. The lowest BCUT2D eigenvalue weighted by atomic mass is 10.1. The van der Waals surface area contributed by atoms with Gasteiger partial charge in [-0.25, -0.2) is 8.78 Å². The van der Waals surface area contributed by atoms with Gasteiger partial charge in [-0.1, -0.05) is 0 Å². The Morgan fingerprint density at radius 3 is 2.25 bits per heavy atom. The monoisotopic (exact) mass is 226 g/mol. The minimum atomic E-state index is -0.677. The van der Waals surface area contributed by atoms with Crippen LogP contribution in [-0.2, 0) is 0 Å². The van der Waals surface area contributed by atoms with Crippen LogP contribution in [-0.4, -0.2) is 32.5 Å². The smallest absolute Gasteiger partial charge is 0.150 e. The second-order valence-electron chi connectivity index (χ2n) is 3.69. The second kappa shape index (κ2) is 4.57. The fraction of sp³-hybridized carbons (Fsp3) is 0.364. The van der Waals surface area contributed by atoms with Crippen LogP contribution in [0.25, 0.3) is 0 Å². The van der Waals surface area contributed by atoms with Gasteiger partial charge in [0.2, 0.25) is 0 Å². The number of benzene rings is 1. The van der Waals surface area contributed by atoms with Gasteiger partial charge in [0.1, 0.15) is 23.6 Å². The number of aldehydes is 1. The normalized spacial score (nSPS) is 16.2. The molecular formula is C11H12F2N2O. The summed E-state index contributed by atoms with van der Waals surface area (Å²) in [5.74, 6) is -1.35. The van der Waals surface area contributed by atoms with Crippen molar-refractivity contribution in [3.8, 4) is 0 Å². The van der Waals surface area contributed by atoms with E-state index in [-0.39, 0.29) is 11.3 Å². The molecule has 1 aromatic rings. The molecule has 0 unspecified atom stereocenters. The van der Waals surface area contributed by atoms with E-state index in [0.29, 0.717) is 32.5 Å². The summed E-state index contributed by atoms with van der Waals surface area (Å²) in [4.78, 5) is 12.1. The van der Waals surface area contributed by atoms with Crippen molar-refractivity contribution in [2.45, 2.75) is 0 Å². The predicted octanol–water partition coefficient (Wildman–Crippen LogP) is 1.19. The molecule has 0 bridgehead atoms. The second-order valence-corrected chi connectivity index (χ2v) is 3.69. The van der Waals surface area contributed by atoms with E-state index in [2.05, 4.69) is 5.32 Å². The maximum atomic E-state index is 13.6. The van der Waals surface area contributed by atoms with E-state index in [1.165, 1.54) is 0 Å². The van der Waals surface area contributed by atoms with Crippen LogP contribution in [0.5, 0.6) is 0 Å². The number of hydrogen-bond acceptors (Lipinski definition) is 3. The van der Waals surface area contributed by atoms with E-state index in [1.54, 1.807) is 4.90 Å². The molecule has 0 aromatic heterocycles. The molecule has 86 valence electrons. The third-order valence-corrected chi connectivity index (χ3v) is 2.61. The highest BCUT2D eigenvalue weighted by atomic mass is 19.1. The van der Waals surface area contributed by atoms with E-state index >= 15 is 0 Å². The Morgan fingerprint density at radius 2 is 1.75 bits per heavy atom. The van der Waals surface area contributed by atoms with E-state index in [4.69, 9.17) is 0 Å². The SMILES string of the molecule is O=Cc1cc(F)c(N2CCNCC2)c(F)c1. The fourth-order valence-corrected chi connectivity index (χ4v) is 1.84. The highest BCUT2D eigenvalue weighted by Gasteiger charge is 2.19. The van der Waals surface area contributed by atoms with Gasteiger partial charge in [-0.2, -0.15) is 0 Å². The summed E-state index contributed by atoms with van der Waals surface area (Å²) in [6, 6.07) is 2.13. The summed E-state index contributed by atoms with van der Waals surface area (Å²) >= 11 is 0. The van der Waals surface area contributed by atoms with Crippen molar-refractivity contribution in [1.29, 1.82) is 0 Å². The lowest BCUT2D eigenvalue weighted by Crippen LogP contribution is -2.44. The predicted molar refractivity (Wildman–Crippen MR) is 56.8 cm³/mol. The molecule has 0 saturated carbocycles. The molecule has 0 spiro atoms. The van der Waals surface area contributed by atoms with Crippen LogP contribution in [0.2, 0.25) is 0 Å². The van der Waals surface area contributed by atoms with Gasteiger partial charge in [0, 0.05) is 31.7 Å². The molecule has 16 heavy (non-hydrogen) atoms. The number of piperazine rings is 1. The molecule has 1 N–H and O–H groups in total. The number of carbonyl (C=O) groups is 1. The van der Waals surface area contributed by atoms with Crippen LogP contribution in [0.3, 0.4) is 0 Å². The quantitative estimate of drug-likeness (QED) is 0.769. The summed E-state index contributed by atoms with van der Waals surface area (Å²) < 4.78 is 27.2. The number of carbonyl (C=O) groups excluding carboxylic acids is 1. The molecule has 1 aliphatic rings. The van der Waals surface area contributed by atoms with Gasteiger partial charge in [0.05, 0.1) is 0 Å². The lowest BCUT2D eigenvalue weighted by molar-refractivity contribution is 0.112. The van der Waals surface area contributed by atoms with Crippen LogP contribution in [0, 0.1) is 11.6 Å². The third-order valence-electron chi connectivity index (χ3n) is 2.61. The zero-order valence-corrected chi connectivity index (χ0v) is 8.67. The maximum absolute atomic E-state index is 13.6. The Hall–Kier alpha value is -1.49. The molecule has 1 heterocycles. The first kappa shape index (κ1) is 11.0. The molecule has 1 fully saturated rings. The fourth-order valence-electron chi connectivity index (χ4n) is 1.84. The summed E-state index contributed by atoms with van der Waals surface area (Å²) in [6.07, 6.45) is 0.438. The summed E-state index contributed by atoms with van der Waals surface area (Å²) in [6.45, 7) is 2.53. The standard InChI is InChI=1S/C11H12F2N2O/c12-9-5-8(7-16)6-10(13)11(9)15-3-1-14-2-4-15/h5-7,14H,1-4H2. The molecule has 1 saturated heterocycles. The van der Waals surface area contributed by atoms with Crippen LogP contribution < -0.4 is 10.2 Å². The van der Waals surface area contributed by atoms with Crippen molar-refractivity contribution < 1.29 is 13.6 Å². The van der Waals surface area contributed by atoms with E-state index in [0.717, 1.165) is 12.1 Å². The average Bonchev–Trinajstić information content (AvgIpc) is 2.29. The van der Waals surface area contributed by atoms with E-state index in [1.807, 2.05) is 0 Å². The first-order valence-electron chi connectivity index (χ1n) is 5.12. The zero-order chi connectivity index (χ0) is 11.5. The van der Waals surface area contributed by atoms with Crippen LogP contribution in [0.4, 0.5) is 14.5 Å². The molecule has 5 heteroatoms. The first-order valence-corrected chi connectivity index (χ1v) is 5.12. The molecule has 0 amide bonds. The van der Waals surface area contributed by atoms with Gasteiger partial charge in [0.15, 0.2) is 0 Å². The summed E-state index contributed by atoms with van der Waals surface area (Å²) in [5, 5.41) is 3.10. The number of nitrogens with one attached hydrogen (secondary N) is 1. The minimum Gasteiger partial charge on any atom is -0.364 e. The maximum Gasteiger partial charge on any atom is 0.150 e. The molecule has 1 aliphatic heterocycles. The number of halogens is 2. The summed E-state index contributed by atoms with van der Waals surface area (Å²) in [7, 11) is 0.